The van der Waals surface area contributed by atoms with Gasteiger partial charge in [-0.15, -0.1) is 11.3 Å². The number of amides is 1. The Morgan fingerprint density at radius 2 is 1.81 bits per heavy atom. The minimum Gasteiger partial charge on any atom is -0.358 e. The van der Waals surface area contributed by atoms with Crippen LogP contribution in [0.4, 0.5) is 5.00 Å². The second-order valence-corrected chi connectivity index (χ2v) is 8.81. The summed E-state index contributed by atoms with van der Waals surface area (Å²) in [5.41, 5.74) is 5.79. The molecule has 1 aliphatic heterocycles. The Balaban J connectivity index is 1.15. The van der Waals surface area contributed by atoms with Gasteiger partial charge in [0.2, 0.25) is 5.91 Å². The zero-order chi connectivity index (χ0) is 21.5. The van der Waals surface area contributed by atoms with Crippen molar-refractivity contribution >= 4 is 44.2 Å². The fourth-order valence-electron chi connectivity index (χ4n) is 4.37. The Bertz CT molecular complexity index is 1380. The number of anilines is 1. The van der Waals surface area contributed by atoms with E-state index in [2.05, 4.69) is 33.1 Å². The van der Waals surface area contributed by atoms with Crippen molar-refractivity contribution in [3.8, 4) is 11.5 Å². The fraction of sp³-hybridized carbons (Fsp3) is 0.208. The lowest BCUT2D eigenvalue weighted by molar-refractivity contribution is -0.132. The number of hydrogen-bond acceptors (Lipinski definition) is 5. The second-order valence-electron chi connectivity index (χ2n) is 7.98. The van der Waals surface area contributed by atoms with Crippen LogP contribution >= 0.6 is 11.3 Å². The van der Waals surface area contributed by atoms with Crippen molar-refractivity contribution in [3.05, 3.63) is 66.3 Å². The quantitative estimate of drug-likeness (QED) is 0.457. The summed E-state index contributed by atoms with van der Waals surface area (Å²) in [6.07, 6.45) is 2.00. The van der Waals surface area contributed by atoms with Crippen LogP contribution in [-0.4, -0.2) is 56.5 Å². The molecule has 0 bridgehead atoms. The van der Waals surface area contributed by atoms with E-state index in [1.807, 2.05) is 57.6 Å². The van der Waals surface area contributed by atoms with Crippen LogP contribution in [0, 0.1) is 0 Å². The molecule has 7 nitrogen and oxygen atoms in total. The molecule has 1 saturated heterocycles. The molecule has 2 aromatic carbocycles. The highest BCUT2D eigenvalue weighted by Gasteiger charge is 2.25. The zero-order valence-corrected chi connectivity index (χ0v) is 18.3. The lowest BCUT2D eigenvalue weighted by atomic mass is 10.2. The van der Waals surface area contributed by atoms with E-state index in [9.17, 15) is 4.79 Å². The maximum atomic E-state index is 13.0. The maximum Gasteiger partial charge on any atom is 0.242 e. The number of imidazole rings is 1. The number of benzene rings is 2. The summed E-state index contributed by atoms with van der Waals surface area (Å²) in [5.74, 6) is 0.952. The third kappa shape index (κ3) is 3.33. The first-order valence-electron chi connectivity index (χ1n) is 10.7. The summed E-state index contributed by atoms with van der Waals surface area (Å²) >= 11 is 1.62. The van der Waals surface area contributed by atoms with Crippen molar-refractivity contribution in [3.63, 3.8) is 0 Å². The summed E-state index contributed by atoms with van der Waals surface area (Å²) in [6.45, 7) is 3.35. The van der Waals surface area contributed by atoms with Gasteiger partial charge in [0.05, 0.1) is 16.5 Å². The van der Waals surface area contributed by atoms with Gasteiger partial charge < -0.3 is 19.4 Å². The van der Waals surface area contributed by atoms with Crippen LogP contribution in [0.5, 0.6) is 0 Å². The van der Waals surface area contributed by atoms with Gasteiger partial charge in [0, 0.05) is 37.9 Å². The summed E-state index contributed by atoms with van der Waals surface area (Å²) in [5, 5.41) is 2.26. The number of H-pyrrole nitrogens is 1. The van der Waals surface area contributed by atoms with Gasteiger partial charge >= 0.3 is 0 Å². The number of nitrogens with one attached hydrogen (secondary N) is 1. The molecular formula is C24H22N6OS. The highest BCUT2D eigenvalue weighted by Crippen LogP contribution is 2.33. The molecule has 32 heavy (non-hydrogen) atoms. The summed E-state index contributed by atoms with van der Waals surface area (Å²) in [6, 6.07) is 18.2. The predicted octanol–water partition coefficient (Wildman–Crippen LogP) is 3.99. The van der Waals surface area contributed by atoms with E-state index in [-0.39, 0.29) is 5.91 Å². The number of para-hydroxylation sites is 3. The number of piperazine rings is 1. The van der Waals surface area contributed by atoms with Gasteiger partial charge in [0.25, 0.3) is 0 Å². The Hall–Kier alpha value is -3.65. The van der Waals surface area contributed by atoms with E-state index in [0.29, 0.717) is 19.6 Å². The SMILES string of the molecule is O=C(Cn1ccc2ccccc21)N1CCN(c2scnc2-c2nc3ccccc3[nH]2)CC1. The van der Waals surface area contributed by atoms with E-state index in [1.165, 1.54) is 0 Å². The molecule has 0 aliphatic carbocycles. The Morgan fingerprint density at radius 1 is 1.00 bits per heavy atom. The Labute approximate surface area is 188 Å². The lowest BCUT2D eigenvalue weighted by Gasteiger charge is -2.35. The number of hydrogen-bond donors (Lipinski definition) is 1. The molecule has 8 heteroatoms. The molecule has 0 unspecified atom stereocenters. The van der Waals surface area contributed by atoms with Crippen LogP contribution in [0.1, 0.15) is 0 Å². The molecule has 160 valence electrons. The largest absolute Gasteiger partial charge is 0.358 e. The standard InChI is InChI=1S/C24H22N6OS/c31-21(15-30-10-9-17-5-1-4-8-20(17)30)28-11-13-29(14-12-28)24-22(25-16-32-24)23-26-18-6-2-3-7-19(18)27-23/h1-10,16H,11-15H2,(H,26,27). The van der Waals surface area contributed by atoms with E-state index in [4.69, 9.17) is 4.98 Å². The molecular weight excluding hydrogens is 420 g/mol. The monoisotopic (exact) mass is 442 g/mol. The highest BCUT2D eigenvalue weighted by atomic mass is 32.1. The molecule has 5 aromatic rings. The smallest absolute Gasteiger partial charge is 0.242 e. The normalized spacial score (nSPS) is 14.5. The number of aromatic amines is 1. The van der Waals surface area contributed by atoms with E-state index in [1.54, 1.807) is 11.3 Å². The zero-order valence-electron chi connectivity index (χ0n) is 17.4. The molecule has 0 saturated carbocycles. The summed E-state index contributed by atoms with van der Waals surface area (Å²) in [7, 11) is 0. The minimum absolute atomic E-state index is 0.160. The first-order valence-corrected chi connectivity index (χ1v) is 11.6. The average molecular weight is 443 g/mol. The number of carbonyl (C=O) groups is 1. The molecule has 6 rings (SSSR count). The van der Waals surface area contributed by atoms with Crippen molar-refractivity contribution in [2.45, 2.75) is 6.54 Å². The van der Waals surface area contributed by atoms with Crippen molar-refractivity contribution in [2.24, 2.45) is 0 Å². The van der Waals surface area contributed by atoms with Crippen molar-refractivity contribution in [2.75, 3.05) is 31.1 Å². The number of rotatable bonds is 4. The topological polar surface area (TPSA) is 70.1 Å². The number of fused-ring (bicyclic) bond motifs is 2. The van der Waals surface area contributed by atoms with Crippen LogP contribution < -0.4 is 4.90 Å². The molecule has 1 amide bonds. The van der Waals surface area contributed by atoms with Crippen molar-refractivity contribution < 1.29 is 4.79 Å². The minimum atomic E-state index is 0.160. The molecule has 0 radical (unpaired) electrons. The van der Waals surface area contributed by atoms with E-state index >= 15 is 0 Å². The van der Waals surface area contributed by atoms with Crippen molar-refractivity contribution in [1.82, 2.24) is 24.4 Å². The lowest BCUT2D eigenvalue weighted by Crippen LogP contribution is -2.49. The maximum absolute atomic E-state index is 13.0. The third-order valence-electron chi connectivity index (χ3n) is 6.07. The Kier molecular flexibility index (Phi) is 4.65. The predicted molar refractivity (Wildman–Crippen MR) is 128 cm³/mol. The van der Waals surface area contributed by atoms with Crippen LogP contribution in [0.3, 0.4) is 0 Å². The van der Waals surface area contributed by atoms with Crippen LogP contribution in [-0.2, 0) is 11.3 Å². The number of nitrogens with zero attached hydrogens (tertiary/aromatic N) is 5. The molecule has 0 spiro atoms. The van der Waals surface area contributed by atoms with Gasteiger partial charge in [0.15, 0.2) is 5.82 Å². The Morgan fingerprint density at radius 3 is 2.69 bits per heavy atom. The number of aromatic nitrogens is 4. The highest BCUT2D eigenvalue weighted by molar-refractivity contribution is 7.14. The third-order valence-corrected chi connectivity index (χ3v) is 6.95. The van der Waals surface area contributed by atoms with Crippen molar-refractivity contribution in [1.29, 1.82) is 0 Å². The first-order chi connectivity index (χ1) is 15.8. The van der Waals surface area contributed by atoms with Gasteiger partial charge in [0.1, 0.15) is 17.2 Å². The average Bonchev–Trinajstić information content (AvgIpc) is 3.57. The van der Waals surface area contributed by atoms with Gasteiger partial charge in [-0.1, -0.05) is 30.3 Å². The fourth-order valence-corrected chi connectivity index (χ4v) is 5.23. The van der Waals surface area contributed by atoms with Crippen LogP contribution in [0.25, 0.3) is 33.5 Å². The summed E-state index contributed by atoms with van der Waals surface area (Å²) in [4.78, 5) is 29.9. The number of carbonyl (C=O) groups excluding carboxylic acids is 1. The second kappa shape index (κ2) is 7.80. The van der Waals surface area contributed by atoms with E-state index < -0.39 is 0 Å². The van der Waals surface area contributed by atoms with Gasteiger partial charge in [-0.05, 0) is 29.7 Å². The van der Waals surface area contributed by atoms with Gasteiger partial charge in [-0.2, -0.15) is 0 Å². The molecule has 0 atom stereocenters. The van der Waals surface area contributed by atoms with Crippen LogP contribution in [0.2, 0.25) is 0 Å². The molecule has 1 fully saturated rings. The first kappa shape index (κ1) is 19.1. The molecule has 1 N–H and O–H groups in total. The van der Waals surface area contributed by atoms with E-state index in [0.717, 1.165) is 51.5 Å². The molecule has 4 heterocycles. The van der Waals surface area contributed by atoms with Gasteiger partial charge in [-0.3, -0.25) is 4.79 Å². The van der Waals surface area contributed by atoms with Crippen LogP contribution in [0.15, 0.2) is 66.3 Å². The molecule has 3 aromatic heterocycles. The van der Waals surface area contributed by atoms with Gasteiger partial charge in [-0.25, -0.2) is 9.97 Å². The molecule has 1 aliphatic rings. The number of thiazole rings is 1. The summed E-state index contributed by atoms with van der Waals surface area (Å²) < 4.78 is 2.03.